The molecule has 5 heteroatoms. The number of primary amides is 1. The van der Waals surface area contributed by atoms with E-state index in [0.717, 1.165) is 35.8 Å². The molecule has 0 spiro atoms. The Morgan fingerprint density at radius 3 is 2.60 bits per heavy atom. The summed E-state index contributed by atoms with van der Waals surface area (Å²) in [6, 6.07) is 11.9. The second-order valence-corrected chi connectivity index (χ2v) is 7.42. The molecule has 0 radical (unpaired) electrons. The van der Waals surface area contributed by atoms with Gasteiger partial charge in [0.05, 0.1) is 5.41 Å². The summed E-state index contributed by atoms with van der Waals surface area (Å²) in [6.45, 7) is 5.83. The molecule has 1 atom stereocenters. The topological polar surface area (TPSA) is 68.5 Å². The Morgan fingerprint density at radius 2 is 1.88 bits per heavy atom. The smallest absolute Gasteiger partial charge is 0.225 e. The van der Waals surface area contributed by atoms with E-state index >= 15 is 0 Å². The number of rotatable bonds is 3. The molecule has 0 unspecified atom stereocenters. The van der Waals surface area contributed by atoms with E-state index in [0.29, 0.717) is 5.88 Å². The van der Waals surface area contributed by atoms with Crippen molar-refractivity contribution in [3.63, 3.8) is 0 Å². The van der Waals surface area contributed by atoms with Crippen molar-refractivity contribution < 1.29 is 9.53 Å². The fourth-order valence-corrected chi connectivity index (χ4v) is 3.87. The van der Waals surface area contributed by atoms with Gasteiger partial charge in [-0.25, -0.2) is 0 Å². The lowest BCUT2D eigenvalue weighted by atomic mass is 9.70. The van der Waals surface area contributed by atoms with Gasteiger partial charge in [0.15, 0.2) is 0 Å². The fourth-order valence-electron chi connectivity index (χ4n) is 3.87. The zero-order valence-corrected chi connectivity index (χ0v) is 14.7. The van der Waals surface area contributed by atoms with Crippen molar-refractivity contribution in [1.82, 2.24) is 4.98 Å². The first kappa shape index (κ1) is 15.9. The monoisotopic (exact) mass is 337 g/mol. The van der Waals surface area contributed by atoms with Gasteiger partial charge in [0.2, 0.25) is 11.8 Å². The Labute approximate surface area is 147 Å². The molecule has 2 N–H and O–H groups in total. The highest BCUT2D eigenvalue weighted by Crippen LogP contribution is 2.51. The summed E-state index contributed by atoms with van der Waals surface area (Å²) in [6.07, 6.45) is 2.39. The molecule has 25 heavy (non-hydrogen) atoms. The zero-order chi connectivity index (χ0) is 17.6. The summed E-state index contributed by atoms with van der Waals surface area (Å²) in [5, 5.41) is 0. The summed E-state index contributed by atoms with van der Waals surface area (Å²) in [4.78, 5) is 19.2. The number of benzene rings is 1. The van der Waals surface area contributed by atoms with E-state index in [1.807, 2.05) is 50.2 Å². The number of carbonyl (C=O) groups is 1. The van der Waals surface area contributed by atoms with E-state index in [9.17, 15) is 4.79 Å². The van der Waals surface area contributed by atoms with E-state index < -0.39 is 5.41 Å². The number of pyridine rings is 1. The zero-order valence-electron chi connectivity index (χ0n) is 14.7. The van der Waals surface area contributed by atoms with Crippen molar-refractivity contribution in [2.45, 2.75) is 32.6 Å². The van der Waals surface area contributed by atoms with Crippen LogP contribution in [0.4, 0.5) is 5.82 Å². The first-order valence-electron chi connectivity index (χ1n) is 8.81. The molecule has 0 bridgehead atoms. The lowest BCUT2D eigenvalue weighted by Gasteiger charge is -2.37. The van der Waals surface area contributed by atoms with Crippen molar-refractivity contribution in [3.05, 3.63) is 47.5 Å². The maximum atomic E-state index is 12.2. The number of anilines is 1. The highest BCUT2D eigenvalue weighted by atomic mass is 16.5. The highest BCUT2D eigenvalue weighted by Gasteiger charge is 2.43. The highest BCUT2D eigenvalue weighted by molar-refractivity contribution is 5.82. The number of ether oxygens (including phenoxy) is 1. The van der Waals surface area contributed by atoms with Crippen LogP contribution in [-0.4, -0.2) is 24.0 Å². The van der Waals surface area contributed by atoms with Gasteiger partial charge in [-0.15, -0.1) is 0 Å². The van der Waals surface area contributed by atoms with E-state index in [2.05, 4.69) is 4.90 Å². The van der Waals surface area contributed by atoms with Crippen molar-refractivity contribution >= 4 is 11.7 Å². The summed E-state index contributed by atoms with van der Waals surface area (Å²) >= 11 is 0. The lowest BCUT2D eigenvalue weighted by molar-refractivity contribution is -0.126. The van der Waals surface area contributed by atoms with Crippen LogP contribution in [0.15, 0.2) is 36.4 Å². The van der Waals surface area contributed by atoms with Crippen LogP contribution in [0.25, 0.3) is 0 Å². The van der Waals surface area contributed by atoms with Crippen LogP contribution in [0, 0.1) is 5.41 Å². The molecular weight excluding hydrogens is 314 g/mol. The lowest BCUT2D eigenvalue weighted by Crippen LogP contribution is -2.38. The molecule has 1 amide bonds. The minimum Gasteiger partial charge on any atom is -0.438 e. The standard InChI is InChI=1S/C20H23N3O2/c1-20(2,19(21)24)17-13-7-3-4-8-15(13)25-18-14(17)9-10-16(22-18)23-11-5-6-12-23/h3-4,7-10,17H,5-6,11-12H2,1-2H3,(H2,21,24)/t17-/m1/s1. The molecular formula is C20H23N3O2. The van der Waals surface area contributed by atoms with Gasteiger partial charge in [-0.3, -0.25) is 4.79 Å². The van der Waals surface area contributed by atoms with E-state index in [4.69, 9.17) is 15.5 Å². The third-order valence-electron chi connectivity index (χ3n) is 5.41. The van der Waals surface area contributed by atoms with Crippen LogP contribution in [0.3, 0.4) is 0 Å². The molecule has 0 aliphatic carbocycles. The van der Waals surface area contributed by atoms with Crippen molar-refractivity contribution in [1.29, 1.82) is 0 Å². The van der Waals surface area contributed by atoms with Crippen molar-refractivity contribution in [3.8, 4) is 11.6 Å². The summed E-state index contributed by atoms with van der Waals surface area (Å²) in [5.74, 6) is 1.77. The summed E-state index contributed by atoms with van der Waals surface area (Å²) < 4.78 is 6.09. The van der Waals surface area contributed by atoms with Gasteiger partial charge < -0.3 is 15.4 Å². The van der Waals surface area contributed by atoms with Gasteiger partial charge in [-0.05, 0) is 31.0 Å². The Balaban J connectivity index is 1.84. The Morgan fingerprint density at radius 1 is 1.16 bits per heavy atom. The second kappa shape index (κ2) is 5.76. The third kappa shape index (κ3) is 2.54. The van der Waals surface area contributed by atoms with Gasteiger partial charge in [-0.1, -0.05) is 32.0 Å². The quantitative estimate of drug-likeness (QED) is 0.931. The van der Waals surface area contributed by atoms with Crippen molar-refractivity contribution in [2.24, 2.45) is 11.1 Å². The van der Waals surface area contributed by atoms with Gasteiger partial charge >= 0.3 is 0 Å². The molecule has 3 heterocycles. The van der Waals surface area contributed by atoms with Gasteiger partial charge in [0.25, 0.3) is 0 Å². The molecule has 1 saturated heterocycles. The number of nitrogens with zero attached hydrogens (tertiary/aromatic N) is 2. The van der Waals surface area contributed by atoms with Gasteiger partial charge in [0.1, 0.15) is 11.6 Å². The minimum atomic E-state index is -0.745. The average molecular weight is 337 g/mol. The average Bonchev–Trinajstić information content (AvgIpc) is 3.13. The van der Waals surface area contributed by atoms with Crippen LogP contribution in [-0.2, 0) is 4.79 Å². The predicted molar refractivity (Wildman–Crippen MR) is 97.0 cm³/mol. The number of para-hydroxylation sites is 1. The second-order valence-electron chi connectivity index (χ2n) is 7.42. The Bertz CT molecular complexity index is 825. The van der Waals surface area contributed by atoms with Crippen molar-refractivity contribution in [2.75, 3.05) is 18.0 Å². The summed E-state index contributed by atoms with van der Waals surface area (Å²) in [7, 11) is 0. The number of carbonyl (C=O) groups excluding carboxylic acids is 1. The number of nitrogens with two attached hydrogens (primary N) is 1. The van der Waals surface area contributed by atoms with E-state index in [-0.39, 0.29) is 11.8 Å². The van der Waals surface area contributed by atoms with Crippen LogP contribution >= 0.6 is 0 Å². The molecule has 130 valence electrons. The first-order valence-corrected chi connectivity index (χ1v) is 8.81. The fraction of sp³-hybridized carbons (Fsp3) is 0.400. The molecule has 5 nitrogen and oxygen atoms in total. The summed E-state index contributed by atoms with van der Waals surface area (Å²) in [5.41, 5.74) is 6.89. The molecule has 1 aromatic heterocycles. The predicted octanol–water partition coefficient (Wildman–Crippen LogP) is 3.43. The third-order valence-corrected chi connectivity index (χ3v) is 5.41. The number of aromatic nitrogens is 1. The molecule has 2 aromatic rings. The first-order chi connectivity index (χ1) is 12.0. The normalized spacial score (nSPS) is 19.1. The SMILES string of the molecule is CC(C)(C(N)=O)[C@@H]1c2ccccc2Oc2nc(N3CCCC3)ccc21. The number of amides is 1. The largest absolute Gasteiger partial charge is 0.438 e. The molecule has 1 aromatic carbocycles. The molecule has 1 fully saturated rings. The number of hydrogen-bond acceptors (Lipinski definition) is 4. The Kier molecular flexibility index (Phi) is 3.67. The minimum absolute atomic E-state index is 0.176. The van der Waals surface area contributed by atoms with E-state index in [1.54, 1.807) is 0 Å². The van der Waals surface area contributed by atoms with E-state index in [1.165, 1.54) is 12.8 Å². The van der Waals surface area contributed by atoms with Crippen LogP contribution in [0.1, 0.15) is 43.7 Å². The molecule has 4 rings (SSSR count). The Hall–Kier alpha value is -2.56. The maximum Gasteiger partial charge on any atom is 0.225 e. The van der Waals surface area contributed by atoms with Crippen LogP contribution < -0.4 is 15.4 Å². The number of fused-ring (bicyclic) bond motifs is 2. The van der Waals surface area contributed by atoms with Gasteiger partial charge in [0, 0.05) is 30.1 Å². The maximum absolute atomic E-state index is 12.2. The van der Waals surface area contributed by atoms with Crippen LogP contribution in [0.2, 0.25) is 0 Å². The number of hydrogen-bond donors (Lipinski definition) is 1. The van der Waals surface area contributed by atoms with Gasteiger partial charge in [-0.2, -0.15) is 4.98 Å². The molecule has 2 aliphatic rings. The molecule has 0 saturated carbocycles. The molecule has 2 aliphatic heterocycles. The van der Waals surface area contributed by atoms with Crippen LogP contribution in [0.5, 0.6) is 11.6 Å².